The maximum Gasteiger partial charge on any atom is 0.162 e. The molecule has 0 amide bonds. The van der Waals surface area contributed by atoms with Crippen molar-refractivity contribution in [1.29, 1.82) is 0 Å². The number of hydrogen-bond acceptors (Lipinski definition) is 5. The third-order valence-corrected chi connectivity index (χ3v) is 6.38. The standard InChI is InChI=1S/C25H24Br2N2O3/c1-3-32-23-9-5-8-18(24(23)30)21-14-20(15-6-4-7-16(26)12-15)28-25(29-21)19-13-17(27)10-11-22(19)31-2/h4-13,21,25,29-30H,3,14H2,1-2H3/t21-,25+/m1/s1. The van der Waals surface area contributed by atoms with Gasteiger partial charge in [0.2, 0.25) is 0 Å². The molecule has 0 bridgehead atoms. The van der Waals surface area contributed by atoms with Crippen LogP contribution in [0.3, 0.4) is 0 Å². The van der Waals surface area contributed by atoms with E-state index in [0.29, 0.717) is 18.8 Å². The molecule has 1 aliphatic rings. The number of nitrogens with zero attached hydrogens (tertiary/aromatic N) is 1. The predicted molar refractivity (Wildman–Crippen MR) is 134 cm³/mol. The van der Waals surface area contributed by atoms with Crippen molar-refractivity contribution in [3.63, 3.8) is 0 Å². The van der Waals surface area contributed by atoms with E-state index in [1.165, 1.54) is 0 Å². The Morgan fingerprint density at radius 1 is 1.00 bits per heavy atom. The first kappa shape index (κ1) is 22.8. The largest absolute Gasteiger partial charge is 0.504 e. The van der Waals surface area contributed by atoms with E-state index < -0.39 is 0 Å². The van der Waals surface area contributed by atoms with E-state index in [9.17, 15) is 5.11 Å². The average molecular weight is 560 g/mol. The Hall–Kier alpha value is -2.35. The van der Waals surface area contributed by atoms with Gasteiger partial charge in [-0.3, -0.25) is 10.3 Å². The Balaban J connectivity index is 1.81. The van der Waals surface area contributed by atoms with Crippen molar-refractivity contribution in [1.82, 2.24) is 5.32 Å². The molecule has 0 unspecified atom stereocenters. The van der Waals surface area contributed by atoms with Gasteiger partial charge < -0.3 is 14.6 Å². The van der Waals surface area contributed by atoms with Gasteiger partial charge in [-0.25, -0.2) is 0 Å². The van der Waals surface area contributed by atoms with Crippen LogP contribution in [0.15, 0.2) is 74.6 Å². The number of para-hydroxylation sites is 1. The van der Waals surface area contributed by atoms with Crippen molar-refractivity contribution in [2.45, 2.75) is 25.6 Å². The minimum absolute atomic E-state index is 0.155. The maximum atomic E-state index is 10.9. The van der Waals surface area contributed by atoms with Gasteiger partial charge in [0.1, 0.15) is 11.9 Å². The van der Waals surface area contributed by atoms with Crippen LogP contribution in [0.5, 0.6) is 17.2 Å². The van der Waals surface area contributed by atoms with Crippen molar-refractivity contribution < 1.29 is 14.6 Å². The summed E-state index contributed by atoms with van der Waals surface area (Å²) in [6.45, 7) is 2.39. The summed E-state index contributed by atoms with van der Waals surface area (Å²) in [5.41, 5.74) is 3.67. The molecule has 166 valence electrons. The quantitative estimate of drug-likeness (QED) is 0.359. The lowest BCUT2D eigenvalue weighted by molar-refractivity contribution is 0.313. The number of phenolic OH excluding ortho intramolecular Hbond substituents is 1. The van der Waals surface area contributed by atoms with Crippen LogP contribution in [0.2, 0.25) is 0 Å². The number of hydrogen-bond donors (Lipinski definition) is 2. The van der Waals surface area contributed by atoms with E-state index in [2.05, 4.69) is 49.3 Å². The van der Waals surface area contributed by atoms with E-state index >= 15 is 0 Å². The van der Waals surface area contributed by atoms with Crippen molar-refractivity contribution in [2.75, 3.05) is 13.7 Å². The lowest BCUT2D eigenvalue weighted by atomic mass is 9.93. The fraction of sp³-hybridized carbons (Fsp3) is 0.240. The van der Waals surface area contributed by atoms with Crippen LogP contribution in [0.4, 0.5) is 0 Å². The molecule has 0 saturated heterocycles. The van der Waals surface area contributed by atoms with Crippen LogP contribution in [-0.2, 0) is 0 Å². The molecule has 3 aromatic rings. The summed E-state index contributed by atoms with van der Waals surface area (Å²) >= 11 is 7.13. The molecule has 0 saturated carbocycles. The van der Waals surface area contributed by atoms with Gasteiger partial charge in [-0.2, -0.15) is 0 Å². The van der Waals surface area contributed by atoms with E-state index in [-0.39, 0.29) is 18.0 Å². The summed E-state index contributed by atoms with van der Waals surface area (Å²) < 4.78 is 13.2. The highest BCUT2D eigenvalue weighted by Crippen LogP contribution is 2.40. The zero-order valence-electron chi connectivity index (χ0n) is 17.8. The smallest absolute Gasteiger partial charge is 0.162 e. The number of ether oxygens (including phenoxy) is 2. The zero-order valence-corrected chi connectivity index (χ0v) is 21.0. The Kier molecular flexibility index (Phi) is 7.18. The van der Waals surface area contributed by atoms with E-state index in [4.69, 9.17) is 14.5 Å². The molecule has 1 aliphatic heterocycles. The van der Waals surface area contributed by atoms with E-state index in [1.807, 2.05) is 49.4 Å². The summed E-state index contributed by atoms with van der Waals surface area (Å²) in [6, 6.07) is 19.4. The predicted octanol–water partition coefficient (Wildman–Crippen LogP) is 6.55. The molecular weight excluding hydrogens is 536 g/mol. The van der Waals surface area contributed by atoms with Gasteiger partial charge in [-0.1, -0.05) is 56.1 Å². The van der Waals surface area contributed by atoms with Crippen molar-refractivity contribution in [3.8, 4) is 17.2 Å². The van der Waals surface area contributed by atoms with Crippen molar-refractivity contribution in [2.24, 2.45) is 4.99 Å². The molecule has 5 nitrogen and oxygen atoms in total. The Labute approximate surface area is 204 Å². The van der Waals surface area contributed by atoms with Crippen LogP contribution in [0.25, 0.3) is 0 Å². The molecule has 0 aromatic heterocycles. The molecule has 3 aromatic carbocycles. The van der Waals surface area contributed by atoms with Gasteiger partial charge in [0.25, 0.3) is 0 Å². The Morgan fingerprint density at radius 2 is 1.78 bits per heavy atom. The topological polar surface area (TPSA) is 63.1 Å². The van der Waals surface area contributed by atoms with E-state index in [1.54, 1.807) is 13.2 Å². The first-order valence-electron chi connectivity index (χ1n) is 10.4. The Bertz CT molecular complexity index is 1150. The van der Waals surface area contributed by atoms with Gasteiger partial charge >= 0.3 is 0 Å². The van der Waals surface area contributed by atoms with Crippen LogP contribution in [-0.4, -0.2) is 24.5 Å². The third kappa shape index (κ3) is 4.85. The number of aromatic hydroxyl groups is 1. The monoisotopic (exact) mass is 558 g/mol. The number of rotatable bonds is 6. The molecule has 0 radical (unpaired) electrons. The van der Waals surface area contributed by atoms with Gasteiger partial charge in [-0.15, -0.1) is 0 Å². The number of benzene rings is 3. The van der Waals surface area contributed by atoms with Crippen LogP contribution in [0.1, 0.15) is 42.2 Å². The number of methoxy groups -OCH3 is 1. The number of halogens is 2. The van der Waals surface area contributed by atoms with Crippen molar-refractivity contribution >= 4 is 37.6 Å². The second kappa shape index (κ2) is 10.1. The summed E-state index contributed by atoms with van der Waals surface area (Å²) in [5, 5.41) is 14.5. The van der Waals surface area contributed by atoms with Crippen LogP contribution < -0.4 is 14.8 Å². The number of nitrogens with one attached hydrogen (secondary N) is 1. The zero-order chi connectivity index (χ0) is 22.7. The highest BCUT2D eigenvalue weighted by atomic mass is 79.9. The SMILES string of the molecule is CCOc1cccc([C@H]2CC(c3cccc(Br)c3)=N[C@H](c3cc(Br)ccc3OC)N2)c1O. The molecule has 2 atom stereocenters. The molecule has 4 rings (SSSR count). The Morgan fingerprint density at radius 3 is 2.53 bits per heavy atom. The maximum absolute atomic E-state index is 10.9. The molecular formula is C25H24Br2N2O3. The highest BCUT2D eigenvalue weighted by molar-refractivity contribution is 9.10. The fourth-order valence-electron chi connectivity index (χ4n) is 3.92. The molecule has 32 heavy (non-hydrogen) atoms. The van der Waals surface area contributed by atoms with Gasteiger partial charge in [0.05, 0.1) is 13.7 Å². The first-order valence-corrected chi connectivity index (χ1v) is 12.0. The summed E-state index contributed by atoms with van der Waals surface area (Å²) in [6.07, 6.45) is 0.261. The number of phenols is 1. The molecule has 0 aliphatic carbocycles. The normalized spacial score (nSPS) is 18.2. The van der Waals surface area contributed by atoms with Crippen LogP contribution in [0, 0.1) is 0 Å². The molecule has 1 heterocycles. The highest BCUT2D eigenvalue weighted by Gasteiger charge is 2.30. The molecule has 0 fully saturated rings. The van der Waals surface area contributed by atoms with Crippen LogP contribution >= 0.6 is 31.9 Å². The van der Waals surface area contributed by atoms with Gasteiger partial charge in [-0.05, 0) is 48.9 Å². The lowest BCUT2D eigenvalue weighted by Gasteiger charge is -2.32. The molecule has 2 N–H and O–H groups in total. The summed E-state index contributed by atoms with van der Waals surface area (Å²) in [7, 11) is 1.66. The number of aliphatic imine (C=N–C) groups is 1. The summed E-state index contributed by atoms with van der Waals surface area (Å²) in [5.74, 6) is 1.38. The lowest BCUT2D eigenvalue weighted by Crippen LogP contribution is -2.33. The minimum Gasteiger partial charge on any atom is -0.504 e. The van der Waals surface area contributed by atoms with E-state index in [0.717, 1.165) is 37.1 Å². The first-order chi connectivity index (χ1) is 15.5. The molecule has 7 heteroatoms. The van der Waals surface area contributed by atoms with Gasteiger partial charge in [0.15, 0.2) is 11.5 Å². The second-order valence-corrected chi connectivity index (χ2v) is 9.26. The molecule has 0 spiro atoms. The second-order valence-electron chi connectivity index (χ2n) is 7.43. The third-order valence-electron chi connectivity index (χ3n) is 5.39. The van der Waals surface area contributed by atoms with Gasteiger partial charge in [0, 0.05) is 38.2 Å². The fourth-order valence-corrected chi connectivity index (χ4v) is 4.70. The van der Waals surface area contributed by atoms with Crippen molar-refractivity contribution in [3.05, 3.63) is 86.3 Å². The average Bonchev–Trinajstić information content (AvgIpc) is 2.80. The minimum atomic E-state index is -0.356. The summed E-state index contributed by atoms with van der Waals surface area (Å²) in [4.78, 5) is 5.05.